The largest absolute Gasteiger partial charge is 0.382 e. The first-order chi connectivity index (χ1) is 7.36. The molecule has 2 aliphatic heterocycles. The van der Waals surface area contributed by atoms with Crippen molar-refractivity contribution in [2.75, 3.05) is 25.6 Å². The van der Waals surface area contributed by atoms with Gasteiger partial charge in [0.05, 0.1) is 31.6 Å². The highest BCUT2D eigenvalue weighted by atomic mass is 16.5. The Morgan fingerprint density at radius 1 is 1.33 bits per heavy atom. The lowest BCUT2D eigenvalue weighted by atomic mass is 10.1. The Morgan fingerprint density at radius 3 is 3.07 bits per heavy atom. The van der Waals surface area contributed by atoms with Crippen molar-refractivity contribution in [2.45, 2.75) is 25.5 Å². The van der Waals surface area contributed by atoms with Gasteiger partial charge in [0, 0.05) is 18.6 Å². The maximum Gasteiger partial charge on any atom is 0.149 e. The molecule has 0 aromatic carbocycles. The Morgan fingerprint density at radius 2 is 2.27 bits per heavy atom. The molecule has 1 atom stereocenters. The average molecular weight is 209 g/mol. The molecule has 2 aliphatic rings. The van der Waals surface area contributed by atoms with E-state index in [-0.39, 0.29) is 0 Å². The Bertz CT molecular complexity index is 369. The zero-order chi connectivity index (χ0) is 10.3. The van der Waals surface area contributed by atoms with Gasteiger partial charge in [-0.1, -0.05) is 0 Å². The molecule has 0 aliphatic carbocycles. The molecule has 5 heteroatoms. The third-order valence-electron chi connectivity index (χ3n) is 3.14. The third-order valence-corrected chi connectivity index (χ3v) is 3.14. The molecule has 0 saturated carbocycles. The van der Waals surface area contributed by atoms with Crippen LogP contribution in [-0.2, 0) is 22.5 Å². The van der Waals surface area contributed by atoms with E-state index in [1.165, 1.54) is 5.56 Å². The van der Waals surface area contributed by atoms with Gasteiger partial charge in [-0.15, -0.1) is 0 Å². The molecule has 82 valence electrons. The van der Waals surface area contributed by atoms with Gasteiger partial charge >= 0.3 is 0 Å². The molecular formula is C10H15N3O2. The summed E-state index contributed by atoms with van der Waals surface area (Å²) in [5.74, 6) is 0.667. The maximum atomic E-state index is 5.90. The van der Waals surface area contributed by atoms with Gasteiger partial charge in [-0.05, 0) is 6.42 Å². The predicted octanol–water partition coefficient (Wildman–Crippen LogP) is 0.499. The first-order valence-electron chi connectivity index (χ1n) is 5.37. The number of nitrogens with two attached hydrogens (primary N) is 1. The summed E-state index contributed by atoms with van der Waals surface area (Å²) in [5, 5.41) is 4.41. The van der Waals surface area contributed by atoms with Crippen LogP contribution in [0.3, 0.4) is 0 Å². The first kappa shape index (κ1) is 9.18. The van der Waals surface area contributed by atoms with Crippen LogP contribution in [-0.4, -0.2) is 29.6 Å². The molecule has 0 bridgehead atoms. The van der Waals surface area contributed by atoms with E-state index < -0.39 is 0 Å². The predicted molar refractivity (Wildman–Crippen MR) is 54.5 cm³/mol. The van der Waals surface area contributed by atoms with E-state index in [4.69, 9.17) is 15.2 Å². The van der Waals surface area contributed by atoms with Crippen LogP contribution in [0.2, 0.25) is 0 Å². The minimum atomic E-state index is 0.345. The molecule has 0 spiro atoms. The van der Waals surface area contributed by atoms with E-state index >= 15 is 0 Å². The first-order valence-corrected chi connectivity index (χ1v) is 5.37. The van der Waals surface area contributed by atoms with E-state index in [9.17, 15) is 0 Å². The molecule has 0 radical (unpaired) electrons. The van der Waals surface area contributed by atoms with E-state index in [0.717, 1.165) is 38.4 Å². The highest BCUT2D eigenvalue weighted by Gasteiger charge is 2.26. The van der Waals surface area contributed by atoms with Crippen LogP contribution >= 0.6 is 0 Å². The second kappa shape index (κ2) is 3.50. The number of hydrogen-bond acceptors (Lipinski definition) is 4. The number of fused-ring (bicyclic) bond motifs is 1. The normalized spacial score (nSPS) is 25.5. The molecule has 2 N–H and O–H groups in total. The molecule has 1 unspecified atom stereocenters. The van der Waals surface area contributed by atoms with Gasteiger partial charge in [0.2, 0.25) is 0 Å². The zero-order valence-electron chi connectivity index (χ0n) is 8.61. The minimum absolute atomic E-state index is 0.345. The molecular weight excluding hydrogens is 194 g/mol. The molecule has 1 aromatic heterocycles. The van der Waals surface area contributed by atoms with Gasteiger partial charge in [-0.3, -0.25) is 4.68 Å². The SMILES string of the molecule is Nc1nn(C2CCOC2)c2c1CCOC2. The van der Waals surface area contributed by atoms with Gasteiger partial charge in [0.25, 0.3) is 0 Å². The number of rotatable bonds is 1. The second-order valence-electron chi connectivity index (χ2n) is 4.08. The number of aromatic nitrogens is 2. The summed E-state index contributed by atoms with van der Waals surface area (Å²) in [7, 11) is 0. The fraction of sp³-hybridized carbons (Fsp3) is 0.700. The van der Waals surface area contributed by atoms with Crippen LogP contribution in [0.25, 0.3) is 0 Å². The highest BCUT2D eigenvalue weighted by Crippen LogP contribution is 2.28. The lowest BCUT2D eigenvalue weighted by Crippen LogP contribution is -2.18. The fourth-order valence-electron chi connectivity index (χ4n) is 2.31. The number of nitrogen functional groups attached to an aromatic ring is 1. The monoisotopic (exact) mass is 209 g/mol. The molecule has 1 fully saturated rings. The standard InChI is InChI=1S/C10H15N3O2/c11-10-8-2-4-15-6-9(8)13(12-10)7-1-3-14-5-7/h7H,1-6H2,(H2,11,12). The number of anilines is 1. The summed E-state index contributed by atoms with van der Waals surface area (Å²) in [5.41, 5.74) is 8.22. The van der Waals surface area contributed by atoms with E-state index in [1.54, 1.807) is 0 Å². The summed E-state index contributed by atoms with van der Waals surface area (Å²) in [6, 6.07) is 0.345. The van der Waals surface area contributed by atoms with Gasteiger partial charge in [0.1, 0.15) is 5.82 Å². The van der Waals surface area contributed by atoms with Crippen molar-refractivity contribution in [1.29, 1.82) is 0 Å². The molecule has 3 rings (SSSR count). The average Bonchev–Trinajstić information content (AvgIpc) is 2.87. The van der Waals surface area contributed by atoms with E-state index in [2.05, 4.69) is 5.10 Å². The zero-order valence-corrected chi connectivity index (χ0v) is 8.61. The lowest BCUT2D eigenvalue weighted by molar-refractivity contribution is 0.102. The number of ether oxygens (including phenoxy) is 2. The summed E-state index contributed by atoms with van der Waals surface area (Å²) in [6.45, 7) is 2.95. The van der Waals surface area contributed by atoms with Gasteiger partial charge in [-0.25, -0.2) is 0 Å². The summed E-state index contributed by atoms with van der Waals surface area (Å²) >= 11 is 0. The van der Waals surface area contributed by atoms with E-state index in [1.807, 2.05) is 4.68 Å². The number of nitrogens with zero attached hydrogens (tertiary/aromatic N) is 2. The van der Waals surface area contributed by atoms with Crippen LogP contribution in [0.5, 0.6) is 0 Å². The van der Waals surface area contributed by atoms with Crippen molar-refractivity contribution in [3.8, 4) is 0 Å². The maximum absolute atomic E-state index is 5.90. The molecule has 1 saturated heterocycles. The van der Waals surface area contributed by atoms with Crippen molar-refractivity contribution in [2.24, 2.45) is 0 Å². The highest BCUT2D eigenvalue weighted by molar-refractivity contribution is 5.43. The molecule has 3 heterocycles. The van der Waals surface area contributed by atoms with Gasteiger partial charge in [-0.2, -0.15) is 5.10 Å². The van der Waals surface area contributed by atoms with Crippen molar-refractivity contribution >= 4 is 5.82 Å². The van der Waals surface area contributed by atoms with E-state index in [0.29, 0.717) is 18.5 Å². The Hall–Kier alpha value is -1.07. The van der Waals surface area contributed by atoms with Crippen LogP contribution in [0.15, 0.2) is 0 Å². The summed E-state index contributed by atoms with van der Waals surface area (Å²) in [4.78, 5) is 0. The summed E-state index contributed by atoms with van der Waals surface area (Å²) in [6.07, 6.45) is 1.91. The van der Waals surface area contributed by atoms with Crippen LogP contribution in [0.4, 0.5) is 5.82 Å². The quantitative estimate of drug-likeness (QED) is 0.731. The minimum Gasteiger partial charge on any atom is -0.382 e. The Labute approximate surface area is 88.1 Å². The third kappa shape index (κ3) is 1.42. The second-order valence-corrected chi connectivity index (χ2v) is 4.08. The van der Waals surface area contributed by atoms with Crippen molar-refractivity contribution in [3.05, 3.63) is 11.3 Å². The molecule has 0 amide bonds. The van der Waals surface area contributed by atoms with Gasteiger partial charge < -0.3 is 15.2 Å². The van der Waals surface area contributed by atoms with Crippen molar-refractivity contribution in [3.63, 3.8) is 0 Å². The molecule has 5 nitrogen and oxygen atoms in total. The topological polar surface area (TPSA) is 62.3 Å². The molecule has 1 aromatic rings. The Kier molecular flexibility index (Phi) is 2.14. The fourth-order valence-corrected chi connectivity index (χ4v) is 2.31. The van der Waals surface area contributed by atoms with Gasteiger partial charge in [0.15, 0.2) is 0 Å². The van der Waals surface area contributed by atoms with Crippen LogP contribution in [0.1, 0.15) is 23.7 Å². The van der Waals surface area contributed by atoms with Crippen LogP contribution < -0.4 is 5.73 Å². The van der Waals surface area contributed by atoms with Crippen molar-refractivity contribution in [1.82, 2.24) is 9.78 Å². The summed E-state index contributed by atoms with van der Waals surface area (Å²) < 4.78 is 12.8. The lowest BCUT2D eigenvalue weighted by Gasteiger charge is -2.17. The van der Waals surface area contributed by atoms with Crippen molar-refractivity contribution < 1.29 is 9.47 Å². The number of hydrogen-bond donors (Lipinski definition) is 1. The molecule has 15 heavy (non-hydrogen) atoms. The van der Waals surface area contributed by atoms with Crippen LogP contribution in [0, 0.1) is 0 Å². The Balaban J connectivity index is 1.99. The smallest absolute Gasteiger partial charge is 0.149 e.